The first-order valence-corrected chi connectivity index (χ1v) is 9.12. The highest BCUT2D eigenvalue weighted by molar-refractivity contribution is 9.10. The molecule has 5 nitrogen and oxygen atoms in total. The number of furan rings is 1. The molecule has 1 heterocycles. The molecule has 136 valence electrons. The highest BCUT2D eigenvalue weighted by Crippen LogP contribution is 2.11. The minimum absolute atomic E-state index is 0.263. The number of hydrogen-bond acceptors (Lipinski definition) is 3. The van der Waals surface area contributed by atoms with E-state index in [0.717, 1.165) is 34.7 Å². The van der Waals surface area contributed by atoms with Crippen molar-refractivity contribution in [2.24, 2.45) is 4.99 Å². The maximum Gasteiger partial charge on any atom is 0.191 e. The van der Waals surface area contributed by atoms with Crippen LogP contribution in [0.15, 0.2) is 56.5 Å². The van der Waals surface area contributed by atoms with Gasteiger partial charge in [0.1, 0.15) is 5.76 Å². The van der Waals surface area contributed by atoms with E-state index < -0.39 is 0 Å². The van der Waals surface area contributed by atoms with Crippen molar-refractivity contribution in [1.82, 2.24) is 10.6 Å². The standard InChI is InChI=1S/C19H26BrN3O2/c1-19(2,24-3)14-23-18(21-11-10-17-5-4-12-25-17)22-13-15-6-8-16(20)9-7-15/h4-9,12H,10-11,13-14H2,1-3H3,(H2,21,22,23). The van der Waals surface area contributed by atoms with E-state index in [1.165, 1.54) is 0 Å². The van der Waals surface area contributed by atoms with Crippen LogP contribution in [0, 0.1) is 0 Å². The van der Waals surface area contributed by atoms with Gasteiger partial charge in [-0.25, -0.2) is 4.99 Å². The van der Waals surface area contributed by atoms with Gasteiger partial charge in [0.2, 0.25) is 0 Å². The average molecular weight is 408 g/mol. The monoisotopic (exact) mass is 407 g/mol. The molecular weight excluding hydrogens is 382 g/mol. The van der Waals surface area contributed by atoms with Crippen molar-refractivity contribution in [3.05, 3.63) is 58.5 Å². The third-order valence-electron chi connectivity index (χ3n) is 3.81. The van der Waals surface area contributed by atoms with Gasteiger partial charge in [0, 0.05) is 31.1 Å². The molecule has 0 saturated carbocycles. The molecule has 1 aromatic carbocycles. The number of aliphatic imine (C=N–C) groups is 1. The molecule has 0 spiro atoms. The highest BCUT2D eigenvalue weighted by Gasteiger charge is 2.16. The van der Waals surface area contributed by atoms with E-state index in [2.05, 4.69) is 43.7 Å². The number of benzene rings is 1. The maximum absolute atomic E-state index is 5.46. The van der Waals surface area contributed by atoms with Gasteiger partial charge in [-0.15, -0.1) is 0 Å². The quantitative estimate of drug-likeness (QED) is 0.516. The van der Waals surface area contributed by atoms with Crippen LogP contribution in [0.3, 0.4) is 0 Å². The summed E-state index contributed by atoms with van der Waals surface area (Å²) in [6, 6.07) is 12.0. The normalized spacial score (nSPS) is 12.2. The Hall–Kier alpha value is -1.79. The lowest BCUT2D eigenvalue weighted by Gasteiger charge is -2.24. The molecule has 0 amide bonds. The second-order valence-corrected chi connectivity index (χ2v) is 7.28. The molecule has 0 aliphatic heterocycles. The number of nitrogens with one attached hydrogen (secondary N) is 2. The van der Waals surface area contributed by atoms with E-state index in [-0.39, 0.29) is 5.60 Å². The SMILES string of the molecule is COC(C)(C)CNC(=NCc1ccc(Br)cc1)NCCc1ccco1. The maximum atomic E-state index is 5.46. The van der Waals surface area contributed by atoms with E-state index >= 15 is 0 Å². The Morgan fingerprint density at radius 2 is 1.96 bits per heavy atom. The van der Waals surface area contributed by atoms with Crippen LogP contribution < -0.4 is 10.6 Å². The third-order valence-corrected chi connectivity index (χ3v) is 4.34. The smallest absolute Gasteiger partial charge is 0.191 e. The van der Waals surface area contributed by atoms with E-state index in [9.17, 15) is 0 Å². The summed E-state index contributed by atoms with van der Waals surface area (Å²) in [5.74, 6) is 1.72. The van der Waals surface area contributed by atoms with E-state index in [1.807, 2.05) is 38.1 Å². The van der Waals surface area contributed by atoms with Crippen LogP contribution in [-0.4, -0.2) is 31.8 Å². The summed E-state index contributed by atoms with van der Waals surface area (Å²) >= 11 is 3.45. The van der Waals surface area contributed by atoms with Crippen LogP contribution in [0.2, 0.25) is 0 Å². The lowest BCUT2D eigenvalue weighted by atomic mass is 10.1. The first-order valence-electron chi connectivity index (χ1n) is 8.33. The third kappa shape index (κ3) is 7.32. The zero-order valence-electron chi connectivity index (χ0n) is 15.0. The van der Waals surface area contributed by atoms with Gasteiger partial charge in [0.15, 0.2) is 5.96 Å². The van der Waals surface area contributed by atoms with Crippen LogP contribution in [-0.2, 0) is 17.7 Å². The number of ether oxygens (including phenoxy) is 1. The fourth-order valence-electron chi connectivity index (χ4n) is 2.06. The molecule has 0 aliphatic carbocycles. The predicted molar refractivity (Wildman–Crippen MR) is 105 cm³/mol. The molecule has 1 aromatic heterocycles. The number of nitrogens with zero attached hydrogens (tertiary/aromatic N) is 1. The molecule has 0 atom stereocenters. The summed E-state index contributed by atoms with van der Waals surface area (Å²) in [5.41, 5.74) is 0.891. The minimum atomic E-state index is -0.263. The van der Waals surface area contributed by atoms with Gasteiger partial charge < -0.3 is 19.8 Å². The second kappa shape index (κ2) is 9.63. The number of halogens is 1. The number of hydrogen-bond donors (Lipinski definition) is 2. The van der Waals surface area contributed by atoms with Crippen molar-refractivity contribution in [2.75, 3.05) is 20.2 Å². The van der Waals surface area contributed by atoms with Crippen LogP contribution in [0.5, 0.6) is 0 Å². The fourth-order valence-corrected chi connectivity index (χ4v) is 2.33. The molecule has 0 bridgehead atoms. The van der Waals surface area contributed by atoms with Gasteiger partial charge in [-0.2, -0.15) is 0 Å². The van der Waals surface area contributed by atoms with Crippen molar-refractivity contribution in [2.45, 2.75) is 32.4 Å². The molecule has 0 radical (unpaired) electrons. The molecule has 2 rings (SSSR count). The summed E-state index contributed by atoms with van der Waals surface area (Å²) in [5, 5.41) is 6.70. The first kappa shape index (κ1) is 19.5. The summed E-state index contributed by atoms with van der Waals surface area (Å²) in [4.78, 5) is 4.67. The highest BCUT2D eigenvalue weighted by atomic mass is 79.9. The van der Waals surface area contributed by atoms with Gasteiger partial charge in [0.25, 0.3) is 0 Å². The molecule has 6 heteroatoms. The Kier molecular flexibility index (Phi) is 7.52. The summed E-state index contributed by atoms with van der Waals surface area (Å²) in [6.45, 7) is 6.09. The zero-order chi connectivity index (χ0) is 18.1. The average Bonchev–Trinajstić information content (AvgIpc) is 3.11. The Morgan fingerprint density at radius 3 is 2.60 bits per heavy atom. The van der Waals surface area contributed by atoms with Crippen LogP contribution in [0.4, 0.5) is 0 Å². The number of methoxy groups -OCH3 is 1. The van der Waals surface area contributed by atoms with Crippen molar-refractivity contribution >= 4 is 21.9 Å². The van der Waals surface area contributed by atoms with E-state index in [0.29, 0.717) is 13.1 Å². The Balaban J connectivity index is 1.94. The summed E-state index contributed by atoms with van der Waals surface area (Å²) in [6.07, 6.45) is 2.50. The van der Waals surface area contributed by atoms with Gasteiger partial charge in [-0.05, 0) is 43.7 Å². The minimum Gasteiger partial charge on any atom is -0.469 e. The van der Waals surface area contributed by atoms with Crippen molar-refractivity contribution in [3.63, 3.8) is 0 Å². The Morgan fingerprint density at radius 1 is 1.20 bits per heavy atom. The van der Waals surface area contributed by atoms with Crippen molar-refractivity contribution in [3.8, 4) is 0 Å². The predicted octanol–water partition coefficient (Wildman–Crippen LogP) is 3.75. The lowest BCUT2D eigenvalue weighted by Crippen LogP contribution is -2.45. The van der Waals surface area contributed by atoms with Gasteiger partial charge in [-0.3, -0.25) is 0 Å². The summed E-state index contributed by atoms with van der Waals surface area (Å²) < 4.78 is 11.9. The Bertz CT molecular complexity index is 652. The molecular formula is C19H26BrN3O2. The van der Waals surface area contributed by atoms with Gasteiger partial charge in [0.05, 0.1) is 18.4 Å². The topological polar surface area (TPSA) is 58.8 Å². The van der Waals surface area contributed by atoms with Crippen LogP contribution in [0.25, 0.3) is 0 Å². The number of rotatable bonds is 8. The molecule has 0 unspecified atom stereocenters. The Labute approximate surface area is 158 Å². The van der Waals surface area contributed by atoms with E-state index in [4.69, 9.17) is 9.15 Å². The van der Waals surface area contributed by atoms with Gasteiger partial charge in [-0.1, -0.05) is 28.1 Å². The van der Waals surface area contributed by atoms with Crippen molar-refractivity contribution < 1.29 is 9.15 Å². The first-order chi connectivity index (χ1) is 12.0. The molecule has 0 saturated heterocycles. The molecule has 2 aromatic rings. The van der Waals surface area contributed by atoms with Crippen LogP contribution >= 0.6 is 15.9 Å². The fraction of sp³-hybridized carbons (Fsp3) is 0.421. The van der Waals surface area contributed by atoms with Crippen molar-refractivity contribution in [1.29, 1.82) is 0 Å². The second-order valence-electron chi connectivity index (χ2n) is 6.36. The molecule has 2 N–H and O–H groups in total. The molecule has 25 heavy (non-hydrogen) atoms. The van der Waals surface area contributed by atoms with Gasteiger partial charge >= 0.3 is 0 Å². The molecule has 0 aliphatic rings. The zero-order valence-corrected chi connectivity index (χ0v) is 16.6. The number of guanidine groups is 1. The largest absolute Gasteiger partial charge is 0.469 e. The molecule has 0 fully saturated rings. The summed E-state index contributed by atoms with van der Waals surface area (Å²) in [7, 11) is 1.71. The van der Waals surface area contributed by atoms with Crippen LogP contribution in [0.1, 0.15) is 25.2 Å². The lowest BCUT2D eigenvalue weighted by molar-refractivity contribution is 0.0268. The van der Waals surface area contributed by atoms with E-state index in [1.54, 1.807) is 13.4 Å².